The highest BCUT2D eigenvalue weighted by Crippen LogP contribution is 2.27. The number of halogens is 2. The van der Waals surface area contributed by atoms with Gasteiger partial charge in [-0.3, -0.25) is 9.59 Å². The lowest BCUT2D eigenvalue weighted by Crippen LogP contribution is -2.50. The van der Waals surface area contributed by atoms with E-state index in [1.807, 2.05) is 44.2 Å². The lowest BCUT2D eigenvalue weighted by molar-refractivity contribution is -0.138. The molecule has 0 aromatic heterocycles. The van der Waals surface area contributed by atoms with E-state index in [4.69, 9.17) is 23.2 Å². The number of amides is 2. The Morgan fingerprint density at radius 2 is 1.66 bits per heavy atom. The smallest absolute Gasteiger partial charge is 0.242 e. The van der Waals surface area contributed by atoms with Crippen LogP contribution in [-0.2, 0) is 16.1 Å². The molecule has 2 aromatic carbocycles. The third-order valence-electron chi connectivity index (χ3n) is 4.66. The number of hydrogen-bond donors (Lipinski definition) is 1. The van der Waals surface area contributed by atoms with Crippen molar-refractivity contribution < 1.29 is 9.59 Å². The summed E-state index contributed by atoms with van der Waals surface area (Å²) in [5.41, 5.74) is 0.636. The average molecular weight is 453 g/mol. The summed E-state index contributed by atoms with van der Waals surface area (Å²) in [6, 6.07) is 14.3. The lowest BCUT2D eigenvalue weighted by Gasteiger charge is -2.30. The van der Waals surface area contributed by atoms with Crippen LogP contribution in [0.4, 0.5) is 0 Å². The minimum atomic E-state index is -0.653. The second kappa shape index (κ2) is 11.5. The summed E-state index contributed by atoms with van der Waals surface area (Å²) in [6.07, 6.45) is 0.812. The molecule has 2 rings (SSSR count). The molecular weight excluding hydrogens is 427 g/mol. The molecule has 2 aromatic rings. The first kappa shape index (κ1) is 23.6. The molecule has 0 fully saturated rings. The summed E-state index contributed by atoms with van der Waals surface area (Å²) in [6.45, 7) is 5.83. The van der Waals surface area contributed by atoms with Crippen LogP contribution in [0, 0.1) is 0 Å². The number of nitrogens with one attached hydrogen (secondary N) is 1. The second-order valence-electron chi connectivity index (χ2n) is 6.82. The molecule has 29 heavy (non-hydrogen) atoms. The molecule has 0 saturated carbocycles. The molecule has 156 valence electrons. The van der Waals surface area contributed by atoms with E-state index < -0.39 is 6.04 Å². The van der Waals surface area contributed by atoms with Gasteiger partial charge in [-0.1, -0.05) is 54.4 Å². The zero-order chi connectivity index (χ0) is 21.4. The van der Waals surface area contributed by atoms with Crippen molar-refractivity contribution in [3.8, 4) is 0 Å². The topological polar surface area (TPSA) is 49.4 Å². The van der Waals surface area contributed by atoms with E-state index in [0.717, 1.165) is 11.3 Å². The maximum atomic E-state index is 13.1. The van der Waals surface area contributed by atoms with Crippen molar-refractivity contribution in [2.45, 2.75) is 50.7 Å². The molecule has 0 bridgehead atoms. The normalized spacial score (nSPS) is 12.9. The summed E-state index contributed by atoms with van der Waals surface area (Å²) in [5.74, 6) is -0.130. The molecule has 0 radical (unpaired) electrons. The Hall–Kier alpha value is -1.69. The SMILES string of the molecule is CC[C@H](C)NC(=O)[C@@H](C)N(Cc1c(Cl)cccc1Cl)C(=O)CSc1ccccc1. The highest BCUT2D eigenvalue weighted by atomic mass is 35.5. The maximum absolute atomic E-state index is 13.1. The molecule has 0 saturated heterocycles. The van der Waals surface area contributed by atoms with Crippen LogP contribution in [0.25, 0.3) is 0 Å². The van der Waals surface area contributed by atoms with Gasteiger partial charge < -0.3 is 10.2 Å². The monoisotopic (exact) mass is 452 g/mol. The fourth-order valence-electron chi connectivity index (χ4n) is 2.65. The fraction of sp³-hybridized carbons (Fsp3) is 0.364. The van der Waals surface area contributed by atoms with Crippen LogP contribution in [0.1, 0.15) is 32.8 Å². The predicted octanol–water partition coefficient (Wildman–Crippen LogP) is 5.42. The van der Waals surface area contributed by atoms with Gasteiger partial charge in [0.25, 0.3) is 0 Å². The van der Waals surface area contributed by atoms with Gasteiger partial charge >= 0.3 is 0 Å². The van der Waals surface area contributed by atoms with E-state index in [-0.39, 0.29) is 30.2 Å². The second-order valence-corrected chi connectivity index (χ2v) is 8.68. The number of nitrogens with zero attached hydrogens (tertiary/aromatic N) is 1. The summed E-state index contributed by atoms with van der Waals surface area (Å²) in [5, 5.41) is 3.89. The van der Waals surface area contributed by atoms with Crippen molar-refractivity contribution in [2.24, 2.45) is 0 Å². The summed E-state index contributed by atoms with van der Waals surface area (Å²) in [4.78, 5) is 28.3. The van der Waals surface area contributed by atoms with Gasteiger partial charge in [0.15, 0.2) is 0 Å². The van der Waals surface area contributed by atoms with Crippen LogP contribution in [0.15, 0.2) is 53.4 Å². The number of carbonyl (C=O) groups is 2. The zero-order valence-electron chi connectivity index (χ0n) is 16.8. The Kier molecular flexibility index (Phi) is 9.34. The zero-order valence-corrected chi connectivity index (χ0v) is 19.2. The van der Waals surface area contributed by atoms with Gasteiger partial charge in [0.1, 0.15) is 6.04 Å². The van der Waals surface area contributed by atoms with Gasteiger partial charge in [0, 0.05) is 33.1 Å². The Bertz CT molecular complexity index is 813. The first-order valence-electron chi connectivity index (χ1n) is 9.54. The first-order chi connectivity index (χ1) is 13.8. The van der Waals surface area contributed by atoms with Gasteiger partial charge in [0.05, 0.1) is 5.75 Å². The summed E-state index contributed by atoms with van der Waals surface area (Å²) < 4.78 is 0. The maximum Gasteiger partial charge on any atom is 0.242 e. The molecule has 1 N–H and O–H groups in total. The summed E-state index contributed by atoms with van der Waals surface area (Å²) in [7, 11) is 0. The molecule has 2 amide bonds. The number of hydrogen-bond acceptors (Lipinski definition) is 3. The van der Waals surface area contributed by atoms with Crippen molar-refractivity contribution in [3.05, 3.63) is 64.1 Å². The third-order valence-corrected chi connectivity index (χ3v) is 6.37. The molecule has 7 heteroatoms. The molecule has 0 aliphatic rings. The van der Waals surface area contributed by atoms with E-state index in [1.54, 1.807) is 30.0 Å². The molecule has 0 aliphatic carbocycles. The minimum Gasteiger partial charge on any atom is -0.352 e. The fourth-order valence-corrected chi connectivity index (χ4v) is 3.97. The van der Waals surface area contributed by atoms with Crippen molar-refractivity contribution >= 4 is 46.8 Å². The molecule has 4 nitrogen and oxygen atoms in total. The molecule has 0 unspecified atom stereocenters. The van der Waals surface area contributed by atoms with Crippen molar-refractivity contribution in [2.75, 3.05) is 5.75 Å². The number of benzene rings is 2. The average Bonchev–Trinajstić information content (AvgIpc) is 2.72. The highest BCUT2D eigenvalue weighted by Gasteiger charge is 2.28. The number of rotatable bonds is 9. The minimum absolute atomic E-state index is 0.0319. The van der Waals surface area contributed by atoms with Gasteiger partial charge in [-0.25, -0.2) is 0 Å². The largest absolute Gasteiger partial charge is 0.352 e. The molecule has 0 heterocycles. The Morgan fingerprint density at radius 3 is 2.24 bits per heavy atom. The van der Waals surface area contributed by atoms with Gasteiger partial charge in [0.2, 0.25) is 11.8 Å². The number of thioether (sulfide) groups is 1. The van der Waals surface area contributed by atoms with E-state index in [0.29, 0.717) is 15.6 Å². The van der Waals surface area contributed by atoms with Crippen LogP contribution in [0.2, 0.25) is 10.0 Å². The standard InChI is InChI=1S/C22H26Cl2N2O2S/c1-4-15(2)25-22(28)16(3)26(13-18-19(23)11-8-12-20(18)24)21(27)14-29-17-9-6-5-7-10-17/h5-12,15-16H,4,13-14H2,1-3H3,(H,25,28)/t15-,16+/m0/s1. The Labute approximate surface area is 187 Å². The van der Waals surface area contributed by atoms with Crippen molar-refractivity contribution in [3.63, 3.8) is 0 Å². The Morgan fingerprint density at radius 1 is 1.03 bits per heavy atom. The van der Waals surface area contributed by atoms with E-state index in [2.05, 4.69) is 5.32 Å². The van der Waals surface area contributed by atoms with Crippen LogP contribution >= 0.6 is 35.0 Å². The summed E-state index contributed by atoms with van der Waals surface area (Å²) >= 11 is 14.1. The van der Waals surface area contributed by atoms with Crippen LogP contribution in [0.3, 0.4) is 0 Å². The van der Waals surface area contributed by atoms with Gasteiger partial charge in [-0.05, 0) is 44.5 Å². The number of carbonyl (C=O) groups excluding carboxylic acids is 2. The molecular formula is C22H26Cl2N2O2S. The van der Waals surface area contributed by atoms with E-state index in [1.165, 1.54) is 11.8 Å². The quantitative estimate of drug-likeness (QED) is 0.516. The first-order valence-corrected chi connectivity index (χ1v) is 11.3. The van der Waals surface area contributed by atoms with E-state index in [9.17, 15) is 9.59 Å². The van der Waals surface area contributed by atoms with Crippen molar-refractivity contribution in [1.82, 2.24) is 10.2 Å². The predicted molar refractivity (Wildman–Crippen MR) is 122 cm³/mol. The molecule has 0 spiro atoms. The third kappa shape index (κ3) is 6.95. The van der Waals surface area contributed by atoms with Gasteiger partial charge in [-0.2, -0.15) is 0 Å². The van der Waals surface area contributed by atoms with Crippen molar-refractivity contribution in [1.29, 1.82) is 0 Å². The van der Waals surface area contributed by atoms with Crippen LogP contribution in [0.5, 0.6) is 0 Å². The van der Waals surface area contributed by atoms with E-state index >= 15 is 0 Å². The Balaban J connectivity index is 2.21. The highest BCUT2D eigenvalue weighted by molar-refractivity contribution is 8.00. The molecule has 2 atom stereocenters. The lowest BCUT2D eigenvalue weighted by atomic mass is 10.1. The van der Waals surface area contributed by atoms with Crippen LogP contribution in [-0.4, -0.2) is 34.6 Å². The van der Waals surface area contributed by atoms with Crippen LogP contribution < -0.4 is 5.32 Å². The molecule has 0 aliphatic heterocycles. The van der Waals surface area contributed by atoms with Gasteiger partial charge in [-0.15, -0.1) is 11.8 Å².